The normalized spacial score (nSPS) is 25.7. The molecule has 2 aromatic rings. The summed E-state index contributed by atoms with van der Waals surface area (Å²) in [4.78, 5) is 0.925. The molecular formula is C20H21N2O5S+. The molecule has 0 aromatic heterocycles. The summed E-state index contributed by atoms with van der Waals surface area (Å²) in [6.45, 7) is 1.17. The van der Waals surface area contributed by atoms with Gasteiger partial charge in [-0.3, -0.25) is 4.90 Å². The highest BCUT2D eigenvalue weighted by Crippen LogP contribution is 2.36. The summed E-state index contributed by atoms with van der Waals surface area (Å²) in [6, 6.07) is 14.9. The molecule has 2 aromatic carbocycles. The third-order valence-electron chi connectivity index (χ3n) is 4.98. The average molecular weight is 401 g/mol. The van der Waals surface area contributed by atoms with Crippen LogP contribution in [-0.4, -0.2) is 50.6 Å². The summed E-state index contributed by atoms with van der Waals surface area (Å²) < 4.78 is 35.4. The number of aliphatic hydroxyl groups excluding tert-OH is 1. The van der Waals surface area contributed by atoms with Gasteiger partial charge < -0.3 is 14.9 Å². The molecule has 0 spiro atoms. The number of aliphatic hydroxyl groups is 2. The lowest BCUT2D eigenvalue weighted by Crippen LogP contribution is -3.14. The molecule has 2 aliphatic rings. The van der Waals surface area contributed by atoms with Gasteiger partial charge >= 0.3 is 0 Å². The van der Waals surface area contributed by atoms with Crippen molar-refractivity contribution >= 4 is 15.7 Å². The molecule has 0 radical (unpaired) electrons. The Hall–Kier alpha value is -2.36. The SMILES string of the molecule is O=S(=O)(N=C1C=C2[NH+](CCO)CCOC2(O)c2ccccc21)c1ccccc1. The van der Waals surface area contributed by atoms with E-state index in [9.17, 15) is 18.6 Å². The van der Waals surface area contributed by atoms with Gasteiger partial charge in [0.1, 0.15) is 19.7 Å². The molecule has 4 rings (SSSR count). The lowest BCUT2D eigenvalue weighted by Gasteiger charge is -2.41. The fourth-order valence-electron chi connectivity index (χ4n) is 3.66. The molecule has 0 amide bonds. The van der Waals surface area contributed by atoms with Crippen molar-refractivity contribution in [2.24, 2.45) is 4.40 Å². The zero-order chi connectivity index (χ0) is 19.8. The summed E-state index contributed by atoms with van der Waals surface area (Å²) in [5, 5.41) is 20.7. The molecule has 0 bridgehead atoms. The average Bonchev–Trinajstić information content (AvgIpc) is 2.70. The Kier molecular flexibility index (Phi) is 4.90. The molecule has 1 aliphatic heterocycles. The highest BCUT2D eigenvalue weighted by atomic mass is 32.2. The fourth-order valence-corrected chi connectivity index (χ4v) is 4.67. The Morgan fingerprint density at radius 2 is 1.82 bits per heavy atom. The van der Waals surface area contributed by atoms with Gasteiger partial charge in [-0.1, -0.05) is 42.5 Å². The predicted molar refractivity (Wildman–Crippen MR) is 102 cm³/mol. The van der Waals surface area contributed by atoms with Gasteiger partial charge in [-0.25, -0.2) is 0 Å². The summed E-state index contributed by atoms with van der Waals surface area (Å²) >= 11 is 0. The number of hydrogen-bond acceptors (Lipinski definition) is 5. The number of nitrogens with one attached hydrogen (secondary N) is 1. The highest BCUT2D eigenvalue weighted by molar-refractivity contribution is 7.90. The molecule has 2 atom stereocenters. The van der Waals surface area contributed by atoms with Crippen LogP contribution >= 0.6 is 0 Å². The predicted octanol–water partition coefficient (Wildman–Crippen LogP) is -0.185. The summed E-state index contributed by atoms with van der Waals surface area (Å²) in [5.41, 5.74) is 1.64. The van der Waals surface area contributed by atoms with Crippen molar-refractivity contribution in [2.75, 3.05) is 26.3 Å². The van der Waals surface area contributed by atoms with Gasteiger partial charge in [-0.2, -0.15) is 12.8 Å². The van der Waals surface area contributed by atoms with Crippen LogP contribution in [0.4, 0.5) is 0 Å². The number of hydrogen-bond donors (Lipinski definition) is 3. The Balaban J connectivity index is 1.90. The van der Waals surface area contributed by atoms with E-state index in [1.54, 1.807) is 48.5 Å². The third kappa shape index (κ3) is 3.19. The van der Waals surface area contributed by atoms with Gasteiger partial charge in [-0.05, 0) is 12.1 Å². The first-order chi connectivity index (χ1) is 13.5. The fraction of sp³-hybridized carbons (Fsp3) is 0.250. The minimum Gasteiger partial charge on any atom is -0.391 e. The minimum atomic E-state index is -3.93. The van der Waals surface area contributed by atoms with E-state index in [1.807, 2.05) is 0 Å². The Morgan fingerprint density at radius 1 is 1.11 bits per heavy atom. The van der Waals surface area contributed by atoms with Crippen molar-refractivity contribution in [3.63, 3.8) is 0 Å². The third-order valence-corrected chi connectivity index (χ3v) is 6.29. The number of morpholine rings is 1. The monoisotopic (exact) mass is 401 g/mol. The topological polar surface area (TPSA) is 101 Å². The first-order valence-electron chi connectivity index (χ1n) is 9.00. The van der Waals surface area contributed by atoms with E-state index >= 15 is 0 Å². The summed E-state index contributed by atoms with van der Waals surface area (Å²) in [5.74, 6) is -1.67. The van der Waals surface area contributed by atoms with Gasteiger partial charge in [0.2, 0.25) is 0 Å². The second kappa shape index (κ2) is 7.23. The maximum Gasteiger partial charge on any atom is 0.282 e. The smallest absolute Gasteiger partial charge is 0.282 e. The number of allylic oxidation sites excluding steroid dienone is 1. The van der Waals surface area contributed by atoms with Gasteiger partial charge in [0.05, 0.1) is 17.2 Å². The summed E-state index contributed by atoms with van der Waals surface area (Å²) in [7, 11) is -3.93. The number of quaternary nitrogens is 1. The molecule has 1 saturated heterocycles. The van der Waals surface area contributed by atoms with E-state index in [0.29, 0.717) is 36.5 Å². The van der Waals surface area contributed by atoms with Crippen LogP contribution in [-0.2, 0) is 20.5 Å². The number of sulfonamides is 1. The van der Waals surface area contributed by atoms with Crippen LogP contribution in [0.25, 0.3) is 0 Å². The summed E-state index contributed by atoms with van der Waals surface area (Å²) in [6.07, 6.45) is 1.56. The zero-order valence-electron chi connectivity index (χ0n) is 15.1. The maximum absolute atomic E-state index is 12.8. The Labute approximate surface area is 163 Å². The number of rotatable bonds is 4. The van der Waals surface area contributed by atoms with Crippen molar-refractivity contribution in [1.29, 1.82) is 0 Å². The van der Waals surface area contributed by atoms with Crippen LogP contribution in [0.2, 0.25) is 0 Å². The van der Waals surface area contributed by atoms with Crippen LogP contribution in [0.15, 0.2) is 75.7 Å². The minimum absolute atomic E-state index is 0.0702. The Bertz CT molecular complexity index is 1050. The number of ether oxygens (including phenoxy) is 1. The zero-order valence-corrected chi connectivity index (χ0v) is 15.9. The first-order valence-corrected chi connectivity index (χ1v) is 10.4. The van der Waals surface area contributed by atoms with Crippen LogP contribution < -0.4 is 4.90 Å². The van der Waals surface area contributed by atoms with Crippen LogP contribution in [0.5, 0.6) is 0 Å². The van der Waals surface area contributed by atoms with E-state index in [1.165, 1.54) is 12.1 Å². The van der Waals surface area contributed by atoms with E-state index in [4.69, 9.17) is 4.74 Å². The van der Waals surface area contributed by atoms with Gasteiger partial charge in [0, 0.05) is 17.2 Å². The van der Waals surface area contributed by atoms with E-state index in [-0.39, 0.29) is 17.2 Å². The molecule has 0 saturated carbocycles. The first kappa shape index (κ1) is 19.0. The molecule has 146 valence electrons. The van der Waals surface area contributed by atoms with Gasteiger partial charge in [-0.15, -0.1) is 0 Å². The lowest BCUT2D eigenvalue weighted by atomic mass is 9.86. The number of fused-ring (bicyclic) bond motifs is 3. The molecule has 7 nitrogen and oxygen atoms in total. The Morgan fingerprint density at radius 3 is 2.57 bits per heavy atom. The molecule has 2 unspecified atom stereocenters. The van der Waals surface area contributed by atoms with Crippen molar-refractivity contribution in [3.05, 3.63) is 77.5 Å². The number of nitrogens with zero attached hydrogens (tertiary/aromatic N) is 1. The lowest BCUT2D eigenvalue weighted by molar-refractivity contribution is -0.882. The van der Waals surface area contributed by atoms with Crippen LogP contribution in [0.3, 0.4) is 0 Å². The molecule has 28 heavy (non-hydrogen) atoms. The maximum atomic E-state index is 12.8. The van der Waals surface area contributed by atoms with Crippen molar-refractivity contribution in [3.8, 4) is 0 Å². The van der Waals surface area contributed by atoms with E-state index in [2.05, 4.69) is 4.40 Å². The van der Waals surface area contributed by atoms with Gasteiger partial charge in [0.15, 0.2) is 5.70 Å². The van der Waals surface area contributed by atoms with E-state index < -0.39 is 15.8 Å². The largest absolute Gasteiger partial charge is 0.391 e. The molecule has 3 N–H and O–H groups in total. The molecule has 1 aliphatic carbocycles. The van der Waals surface area contributed by atoms with Crippen molar-refractivity contribution in [2.45, 2.75) is 10.7 Å². The van der Waals surface area contributed by atoms with E-state index in [0.717, 1.165) is 4.90 Å². The number of benzene rings is 2. The standard InChI is InChI=1S/C20H20N2O5S/c23-12-10-22-11-13-27-20(24)17-9-5-4-8-16(17)18(14-19(20)22)21-28(25,26)15-6-2-1-3-7-15/h1-9,14,23-24H,10-13H2/p+1. The molecule has 8 heteroatoms. The van der Waals surface area contributed by atoms with Gasteiger partial charge in [0.25, 0.3) is 15.8 Å². The second-order valence-corrected chi connectivity index (χ2v) is 8.29. The second-order valence-electron chi connectivity index (χ2n) is 6.69. The van der Waals surface area contributed by atoms with Crippen molar-refractivity contribution in [1.82, 2.24) is 0 Å². The van der Waals surface area contributed by atoms with Crippen molar-refractivity contribution < 1.29 is 28.3 Å². The highest BCUT2D eigenvalue weighted by Gasteiger charge is 2.49. The molecule has 1 heterocycles. The quantitative estimate of drug-likeness (QED) is 0.660. The molecule has 1 fully saturated rings. The molecular weight excluding hydrogens is 380 g/mol. The van der Waals surface area contributed by atoms with Crippen LogP contribution in [0.1, 0.15) is 11.1 Å². The van der Waals surface area contributed by atoms with Crippen LogP contribution in [0, 0.1) is 0 Å².